The second-order valence-electron chi connectivity index (χ2n) is 3.02. The van der Waals surface area contributed by atoms with Crippen LogP contribution in [0.5, 0.6) is 0 Å². The lowest BCUT2D eigenvalue weighted by Crippen LogP contribution is -2.42. The Morgan fingerprint density at radius 1 is 1.73 bits per heavy atom. The highest BCUT2D eigenvalue weighted by molar-refractivity contribution is 5.82. The summed E-state index contributed by atoms with van der Waals surface area (Å²) in [5, 5.41) is 5.81. The fraction of sp³-hybridized carbons (Fsp3) is 0.625. The Morgan fingerprint density at radius 3 is 2.91 bits per heavy atom. The van der Waals surface area contributed by atoms with Gasteiger partial charge in [-0.15, -0.1) is 0 Å². The summed E-state index contributed by atoms with van der Waals surface area (Å²) in [7, 11) is 0. The molecule has 3 nitrogen and oxygen atoms in total. The van der Waals surface area contributed by atoms with Gasteiger partial charge in [0.1, 0.15) is 6.04 Å². The highest BCUT2D eigenvalue weighted by atomic mass is 16.2. The molecular formula is C8H14N2O. The monoisotopic (exact) mass is 154 g/mol. The van der Waals surface area contributed by atoms with E-state index in [4.69, 9.17) is 0 Å². The lowest BCUT2D eigenvalue weighted by atomic mass is 10.2. The van der Waals surface area contributed by atoms with Crippen molar-refractivity contribution < 1.29 is 4.79 Å². The number of rotatable bonds is 2. The first-order valence-corrected chi connectivity index (χ1v) is 3.91. The minimum Gasteiger partial charge on any atom is -0.380 e. The van der Waals surface area contributed by atoms with Crippen LogP contribution in [0, 0.1) is 0 Å². The maximum atomic E-state index is 11.2. The normalized spacial score (nSPS) is 21.9. The molecule has 3 heteroatoms. The summed E-state index contributed by atoms with van der Waals surface area (Å²) < 4.78 is 0. The summed E-state index contributed by atoms with van der Waals surface area (Å²) in [5.74, 6) is 0.0880. The van der Waals surface area contributed by atoms with Crippen molar-refractivity contribution in [3.05, 3.63) is 12.3 Å². The van der Waals surface area contributed by atoms with E-state index >= 15 is 0 Å². The fourth-order valence-electron chi connectivity index (χ4n) is 1.02. The van der Waals surface area contributed by atoms with E-state index in [1.165, 1.54) is 0 Å². The van der Waals surface area contributed by atoms with Crippen molar-refractivity contribution in [2.24, 2.45) is 0 Å². The van der Waals surface area contributed by atoms with Crippen molar-refractivity contribution in [3.63, 3.8) is 0 Å². The molecule has 1 rings (SSSR count). The molecule has 0 radical (unpaired) electrons. The number of hydrogen-bond acceptors (Lipinski definition) is 2. The van der Waals surface area contributed by atoms with Gasteiger partial charge in [-0.3, -0.25) is 4.79 Å². The van der Waals surface area contributed by atoms with Gasteiger partial charge in [0.15, 0.2) is 0 Å². The van der Waals surface area contributed by atoms with E-state index in [-0.39, 0.29) is 18.0 Å². The number of hydrogen-bond donors (Lipinski definition) is 2. The first kappa shape index (κ1) is 8.11. The first-order chi connectivity index (χ1) is 5.20. The molecule has 2 N–H and O–H groups in total. The van der Waals surface area contributed by atoms with Gasteiger partial charge < -0.3 is 10.6 Å². The molecule has 1 unspecified atom stereocenters. The van der Waals surface area contributed by atoms with E-state index in [0.29, 0.717) is 0 Å². The Hall–Kier alpha value is -0.990. The van der Waals surface area contributed by atoms with E-state index in [0.717, 1.165) is 6.42 Å². The summed E-state index contributed by atoms with van der Waals surface area (Å²) in [6.07, 6.45) is 4.59. The second-order valence-corrected chi connectivity index (χ2v) is 3.02. The third-order valence-electron chi connectivity index (χ3n) is 1.53. The summed E-state index contributed by atoms with van der Waals surface area (Å²) in [6, 6.07) is 0.183. The maximum Gasteiger partial charge on any atom is 0.242 e. The molecule has 0 saturated carbocycles. The van der Waals surface area contributed by atoms with Gasteiger partial charge in [0.05, 0.1) is 0 Å². The van der Waals surface area contributed by atoms with Crippen molar-refractivity contribution in [1.82, 2.24) is 10.6 Å². The number of carbonyl (C=O) groups is 1. The lowest BCUT2D eigenvalue weighted by Gasteiger charge is -2.13. The number of carbonyl (C=O) groups excluding carboxylic acids is 1. The molecule has 0 bridgehead atoms. The highest BCUT2D eigenvalue weighted by Gasteiger charge is 2.18. The first-order valence-electron chi connectivity index (χ1n) is 3.91. The third-order valence-corrected chi connectivity index (χ3v) is 1.53. The lowest BCUT2D eigenvalue weighted by molar-refractivity contribution is -0.123. The van der Waals surface area contributed by atoms with Crippen LogP contribution < -0.4 is 10.6 Å². The van der Waals surface area contributed by atoms with Crippen LogP contribution in [0.1, 0.15) is 20.3 Å². The summed E-state index contributed by atoms with van der Waals surface area (Å²) in [5.41, 5.74) is 0. The molecule has 1 heterocycles. The predicted octanol–water partition coefficient (Wildman–Crippen LogP) is 0.387. The Balaban J connectivity index is 2.30. The summed E-state index contributed by atoms with van der Waals surface area (Å²) in [6.45, 7) is 3.92. The quantitative estimate of drug-likeness (QED) is 0.604. The van der Waals surface area contributed by atoms with Crippen LogP contribution in [-0.4, -0.2) is 18.0 Å². The van der Waals surface area contributed by atoms with Gasteiger partial charge >= 0.3 is 0 Å². The van der Waals surface area contributed by atoms with Crippen molar-refractivity contribution in [1.29, 1.82) is 0 Å². The molecule has 0 spiro atoms. The fourth-order valence-corrected chi connectivity index (χ4v) is 1.02. The van der Waals surface area contributed by atoms with Crippen molar-refractivity contribution in [2.45, 2.75) is 32.4 Å². The summed E-state index contributed by atoms with van der Waals surface area (Å²) >= 11 is 0. The van der Waals surface area contributed by atoms with Gasteiger partial charge in [-0.25, -0.2) is 0 Å². The third kappa shape index (κ3) is 2.26. The van der Waals surface area contributed by atoms with Crippen LogP contribution in [0.25, 0.3) is 0 Å². The van der Waals surface area contributed by atoms with E-state index in [2.05, 4.69) is 10.6 Å². The molecule has 62 valence electrons. The molecule has 0 aromatic rings. The highest BCUT2D eigenvalue weighted by Crippen LogP contribution is 2.00. The van der Waals surface area contributed by atoms with Crippen molar-refractivity contribution in [2.75, 3.05) is 0 Å². The molecule has 0 saturated heterocycles. The molecule has 1 atom stereocenters. The SMILES string of the molecule is CC(C)NC(=O)C1CC=CN1. The van der Waals surface area contributed by atoms with Gasteiger partial charge in [0.25, 0.3) is 0 Å². The van der Waals surface area contributed by atoms with Crippen LogP contribution in [0.2, 0.25) is 0 Å². The van der Waals surface area contributed by atoms with Gasteiger partial charge in [-0.1, -0.05) is 6.08 Å². The minimum atomic E-state index is -0.0441. The molecule has 11 heavy (non-hydrogen) atoms. The standard InChI is InChI=1S/C8H14N2O/c1-6(2)10-8(11)7-4-3-5-9-7/h3,5-7,9H,4H2,1-2H3,(H,10,11). The minimum absolute atomic E-state index is 0.0441. The van der Waals surface area contributed by atoms with E-state index < -0.39 is 0 Å². The summed E-state index contributed by atoms with van der Waals surface area (Å²) in [4.78, 5) is 11.2. The molecule has 1 aliphatic heterocycles. The van der Waals surface area contributed by atoms with Gasteiger partial charge in [0, 0.05) is 6.04 Å². The van der Waals surface area contributed by atoms with Crippen LogP contribution >= 0.6 is 0 Å². The molecule has 0 fully saturated rings. The van der Waals surface area contributed by atoms with Gasteiger partial charge in [0.2, 0.25) is 5.91 Å². The number of amides is 1. The maximum absolute atomic E-state index is 11.2. The molecule has 0 aliphatic carbocycles. The zero-order valence-electron chi connectivity index (χ0n) is 6.92. The molecular weight excluding hydrogens is 140 g/mol. The van der Waals surface area contributed by atoms with Gasteiger partial charge in [-0.2, -0.15) is 0 Å². The Bertz CT molecular complexity index is 167. The van der Waals surface area contributed by atoms with Gasteiger partial charge in [-0.05, 0) is 26.5 Å². The Morgan fingerprint density at radius 2 is 2.45 bits per heavy atom. The van der Waals surface area contributed by atoms with E-state index in [1.54, 1.807) is 0 Å². The smallest absolute Gasteiger partial charge is 0.242 e. The largest absolute Gasteiger partial charge is 0.380 e. The predicted molar refractivity (Wildman–Crippen MR) is 44.0 cm³/mol. The zero-order chi connectivity index (χ0) is 8.27. The van der Waals surface area contributed by atoms with Crippen LogP contribution in [0.3, 0.4) is 0 Å². The molecule has 0 aromatic heterocycles. The van der Waals surface area contributed by atoms with Crippen molar-refractivity contribution in [3.8, 4) is 0 Å². The second kappa shape index (κ2) is 3.42. The zero-order valence-corrected chi connectivity index (χ0v) is 6.92. The van der Waals surface area contributed by atoms with Crippen LogP contribution in [0.15, 0.2) is 12.3 Å². The van der Waals surface area contributed by atoms with Crippen LogP contribution in [0.4, 0.5) is 0 Å². The van der Waals surface area contributed by atoms with Crippen LogP contribution in [-0.2, 0) is 4.79 Å². The van der Waals surface area contributed by atoms with Crippen molar-refractivity contribution >= 4 is 5.91 Å². The molecule has 1 amide bonds. The molecule has 1 aliphatic rings. The average molecular weight is 154 g/mol. The Kier molecular flexibility index (Phi) is 2.52. The topological polar surface area (TPSA) is 41.1 Å². The molecule has 0 aromatic carbocycles. The van der Waals surface area contributed by atoms with E-state index in [9.17, 15) is 4.79 Å². The average Bonchev–Trinajstić information content (AvgIpc) is 2.35. The number of nitrogens with one attached hydrogen (secondary N) is 2. The Labute approximate surface area is 66.9 Å². The van der Waals surface area contributed by atoms with E-state index in [1.807, 2.05) is 26.1 Å².